The molecule has 0 aromatic heterocycles. The quantitative estimate of drug-likeness (QED) is 0.818. The van der Waals surface area contributed by atoms with Crippen LogP contribution in [0.1, 0.15) is 25.8 Å². The SMILES string of the molecule is CCOc1ccccc1CCC(=O)N(C)C(C)CO. The molecule has 0 spiro atoms. The number of carbonyl (C=O) groups is 1. The molecule has 0 radical (unpaired) electrons. The second kappa shape index (κ2) is 7.79. The molecular formula is C15H23NO3. The average Bonchev–Trinajstić information content (AvgIpc) is 2.44. The van der Waals surface area contributed by atoms with Crippen molar-refractivity contribution in [3.63, 3.8) is 0 Å². The second-order valence-corrected chi connectivity index (χ2v) is 4.58. The minimum atomic E-state index is -0.144. The Bertz CT molecular complexity index is 406. The highest BCUT2D eigenvalue weighted by atomic mass is 16.5. The molecule has 1 N–H and O–H groups in total. The molecule has 1 aromatic carbocycles. The molecule has 1 atom stereocenters. The molecule has 1 aromatic rings. The van der Waals surface area contributed by atoms with Gasteiger partial charge >= 0.3 is 0 Å². The summed E-state index contributed by atoms with van der Waals surface area (Å²) in [6.45, 7) is 4.37. The third-order valence-corrected chi connectivity index (χ3v) is 3.20. The lowest BCUT2D eigenvalue weighted by atomic mass is 10.1. The van der Waals surface area contributed by atoms with E-state index in [0.29, 0.717) is 19.4 Å². The monoisotopic (exact) mass is 265 g/mol. The molecule has 0 bridgehead atoms. The van der Waals surface area contributed by atoms with Gasteiger partial charge in [-0.2, -0.15) is 0 Å². The number of aliphatic hydroxyl groups is 1. The molecule has 4 nitrogen and oxygen atoms in total. The molecule has 0 heterocycles. The van der Waals surface area contributed by atoms with Crippen LogP contribution in [0.2, 0.25) is 0 Å². The lowest BCUT2D eigenvalue weighted by Gasteiger charge is -2.23. The van der Waals surface area contributed by atoms with Crippen LogP contribution in [0.5, 0.6) is 5.75 Å². The van der Waals surface area contributed by atoms with Gasteiger partial charge in [-0.05, 0) is 31.9 Å². The number of ether oxygens (including phenoxy) is 1. The van der Waals surface area contributed by atoms with Crippen LogP contribution in [-0.4, -0.2) is 42.2 Å². The molecule has 0 aliphatic heterocycles. The zero-order valence-corrected chi connectivity index (χ0v) is 11.9. The summed E-state index contributed by atoms with van der Waals surface area (Å²) in [7, 11) is 1.72. The first kappa shape index (κ1) is 15.5. The van der Waals surface area contributed by atoms with Crippen molar-refractivity contribution in [2.24, 2.45) is 0 Å². The van der Waals surface area contributed by atoms with Crippen molar-refractivity contribution in [2.45, 2.75) is 32.7 Å². The van der Waals surface area contributed by atoms with Crippen molar-refractivity contribution >= 4 is 5.91 Å². The molecule has 4 heteroatoms. The molecule has 0 fully saturated rings. The number of aliphatic hydroxyl groups excluding tert-OH is 1. The number of benzene rings is 1. The predicted molar refractivity (Wildman–Crippen MR) is 75.2 cm³/mol. The van der Waals surface area contributed by atoms with Crippen LogP contribution < -0.4 is 4.74 Å². The van der Waals surface area contributed by atoms with Crippen molar-refractivity contribution in [1.29, 1.82) is 0 Å². The zero-order chi connectivity index (χ0) is 14.3. The zero-order valence-electron chi connectivity index (χ0n) is 11.9. The van der Waals surface area contributed by atoms with Gasteiger partial charge in [-0.3, -0.25) is 4.79 Å². The van der Waals surface area contributed by atoms with Gasteiger partial charge in [0.15, 0.2) is 0 Å². The highest BCUT2D eigenvalue weighted by molar-refractivity contribution is 5.76. The Hall–Kier alpha value is -1.55. The van der Waals surface area contributed by atoms with E-state index in [1.54, 1.807) is 11.9 Å². The smallest absolute Gasteiger partial charge is 0.222 e. The summed E-state index contributed by atoms with van der Waals surface area (Å²) in [6, 6.07) is 7.63. The van der Waals surface area contributed by atoms with E-state index in [1.165, 1.54) is 0 Å². The fourth-order valence-electron chi connectivity index (χ4n) is 1.79. The Balaban J connectivity index is 2.59. The number of hydrogen-bond acceptors (Lipinski definition) is 3. The van der Waals surface area contributed by atoms with Gasteiger partial charge in [0.1, 0.15) is 5.75 Å². The summed E-state index contributed by atoms with van der Waals surface area (Å²) >= 11 is 0. The van der Waals surface area contributed by atoms with Gasteiger partial charge in [-0.25, -0.2) is 0 Å². The lowest BCUT2D eigenvalue weighted by molar-refractivity contribution is -0.132. The molecule has 1 rings (SSSR count). The maximum absolute atomic E-state index is 12.0. The third-order valence-electron chi connectivity index (χ3n) is 3.20. The number of hydrogen-bond donors (Lipinski definition) is 1. The minimum Gasteiger partial charge on any atom is -0.494 e. The second-order valence-electron chi connectivity index (χ2n) is 4.58. The Morgan fingerprint density at radius 2 is 2.11 bits per heavy atom. The molecule has 1 unspecified atom stereocenters. The fourth-order valence-corrected chi connectivity index (χ4v) is 1.79. The van der Waals surface area contributed by atoms with E-state index >= 15 is 0 Å². The van der Waals surface area contributed by atoms with Crippen LogP contribution in [0.15, 0.2) is 24.3 Å². The Labute approximate surface area is 115 Å². The van der Waals surface area contributed by atoms with Crippen molar-refractivity contribution in [1.82, 2.24) is 4.90 Å². The molecular weight excluding hydrogens is 242 g/mol. The van der Waals surface area contributed by atoms with E-state index in [4.69, 9.17) is 9.84 Å². The summed E-state index contributed by atoms with van der Waals surface area (Å²) in [5.74, 6) is 0.878. The number of para-hydroxylation sites is 1. The van der Waals surface area contributed by atoms with E-state index in [1.807, 2.05) is 38.1 Å². The first-order valence-electron chi connectivity index (χ1n) is 6.67. The molecule has 1 amide bonds. The number of amides is 1. The van der Waals surface area contributed by atoms with Gasteiger partial charge in [-0.15, -0.1) is 0 Å². The highest BCUT2D eigenvalue weighted by Crippen LogP contribution is 2.19. The molecule has 0 saturated carbocycles. The van der Waals surface area contributed by atoms with E-state index in [2.05, 4.69) is 0 Å². The normalized spacial score (nSPS) is 12.0. The summed E-state index contributed by atoms with van der Waals surface area (Å²) in [5, 5.41) is 9.04. The largest absolute Gasteiger partial charge is 0.494 e. The van der Waals surface area contributed by atoms with Gasteiger partial charge in [0.25, 0.3) is 0 Å². The number of aryl methyl sites for hydroxylation is 1. The lowest BCUT2D eigenvalue weighted by Crippen LogP contribution is -2.37. The number of likely N-dealkylation sites (N-methyl/N-ethyl adjacent to an activating group) is 1. The van der Waals surface area contributed by atoms with E-state index in [9.17, 15) is 4.79 Å². The van der Waals surface area contributed by atoms with E-state index < -0.39 is 0 Å². The minimum absolute atomic E-state index is 0.0161. The molecule has 106 valence electrons. The Kier molecular flexibility index (Phi) is 6.36. The van der Waals surface area contributed by atoms with Gasteiger partial charge in [-0.1, -0.05) is 18.2 Å². The third kappa shape index (κ3) is 4.56. The van der Waals surface area contributed by atoms with Crippen molar-refractivity contribution < 1.29 is 14.6 Å². The van der Waals surface area contributed by atoms with Crippen LogP contribution in [0.4, 0.5) is 0 Å². The van der Waals surface area contributed by atoms with Gasteiger partial charge < -0.3 is 14.7 Å². The summed E-state index contributed by atoms with van der Waals surface area (Å²) < 4.78 is 5.53. The van der Waals surface area contributed by atoms with Crippen LogP contribution in [0.3, 0.4) is 0 Å². The van der Waals surface area contributed by atoms with E-state index in [-0.39, 0.29) is 18.6 Å². The Morgan fingerprint density at radius 1 is 1.42 bits per heavy atom. The average molecular weight is 265 g/mol. The van der Waals surface area contributed by atoms with E-state index in [0.717, 1.165) is 11.3 Å². The first-order chi connectivity index (χ1) is 9.10. The van der Waals surface area contributed by atoms with Crippen LogP contribution in [0, 0.1) is 0 Å². The molecule has 0 aliphatic carbocycles. The van der Waals surface area contributed by atoms with Crippen molar-refractivity contribution in [3.8, 4) is 5.75 Å². The predicted octanol–water partition coefficient (Wildman–Crippen LogP) is 1.86. The first-order valence-corrected chi connectivity index (χ1v) is 6.67. The van der Waals surface area contributed by atoms with Crippen LogP contribution in [0.25, 0.3) is 0 Å². The maximum atomic E-state index is 12.0. The van der Waals surface area contributed by atoms with Crippen molar-refractivity contribution in [3.05, 3.63) is 29.8 Å². The fraction of sp³-hybridized carbons (Fsp3) is 0.533. The summed E-state index contributed by atoms with van der Waals surface area (Å²) in [6.07, 6.45) is 1.07. The number of carbonyl (C=O) groups excluding carboxylic acids is 1. The van der Waals surface area contributed by atoms with Crippen molar-refractivity contribution in [2.75, 3.05) is 20.3 Å². The molecule has 0 aliphatic rings. The van der Waals surface area contributed by atoms with Crippen LogP contribution in [-0.2, 0) is 11.2 Å². The van der Waals surface area contributed by atoms with Gasteiger partial charge in [0.05, 0.1) is 19.3 Å². The maximum Gasteiger partial charge on any atom is 0.222 e. The van der Waals surface area contributed by atoms with Gasteiger partial charge in [0, 0.05) is 13.5 Å². The standard InChI is InChI=1S/C15H23NO3/c1-4-19-14-8-6-5-7-13(14)9-10-15(18)16(3)12(2)11-17/h5-8,12,17H,4,9-11H2,1-3H3. The molecule has 19 heavy (non-hydrogen) atoms. The summed E-state index contributed by atoms with van der Waals surface area (Å²) in [4.78, 5) is 13.5. The number of nitrogens with zero attached hydrogens (tertiary/aromatic N) is 1. The topological polar surface area (TPSA) is 49.8 Å². The highest BCUT2D eigenvalue weighted by Gasteiger charge is 2.15. The Morgan fingerprint density at radius 3 is 2.74 bits per heavy atom. The number of rotatable bonds is 7. The summed E-state index contributed by atoms with van der Waals surface area (Å²) in [5.41, 5.74) is 1.04. The van der Waals surface area contributed by atoms with Gasteiger partial charge in [0.2, 0.25) is 5.91 Å². The molecule has 0 saturated heterocycles. The van der Waals surface area contributed by atoms with Crippen LogP contribution >= 0.6 is 0 Å².